The lowest BCUT2D eigenvalue weighted by Crippen LogP contribution is -2.51. The van der Waals surface area contributed by atoms with Gasteiger partial charge in [0, 0.05) is 17.3 Å². The molecular weight excluding hydrogens is 501 g/mol. The Hall–Kier alpha value is -2.49. The number of carbonyl (C=O) groups is 2. The van der Waals surface area contributed by atoms with E-state index >= 15 is 0 Å². The third kappa shape index (κ3) is 6.51. The van der Waals surface area contributed by atoms with Crippen molar-refractivity contribution in [3.63, 3.8) is 0 Å². The lowest BCUT2D eigenvalue weighted by molar-refractivity contribution is -0.143. The zero-order valence-electron chi connectivity index (χ0n) is 23.5. The summed E-state index contributed by atoms with van der Waals surface area (Å²) in [5.41, 5.74) is 0.334. The SMILES string of the molecule is COC(=O)C(Cc1cn([Si](C(C)C)(C(C)C)C(C)C)c2cc(C(F)(F)F)ccc12)NC(=O)OC(C)(C)C. The highest BCUT2D eigenvalue weighted by Crippen LogP contribution is 2.45. The van der Waals surface area contributed by atoms with E-state index in [1.54, 1.807) is 20.8 Å². The van der Waals surface area contributed by atoms with E-state index in [0.717, 1.165) is 6.07 Å². The number of ether oxygens (including phenoxy) is 2. The first-order valence-corrected chi connectivity index (χ1v) is 14.8. The van der Waals surface area contributed by atoms with Crippen molar-refractivity contribution >= 4 is 31.2 Å². The van der Waals surface area contributed by atoms with Crippen LogP contribution in [0.2, 0.25) is 16.6 Å². The molecule has 2 aromatic rings. The molecule has 0 saturated carbocycles. The summed E-state index contributed by atoms with van der Waals surface area (Å²) in [6.45, 7) is 17.9. The zero-order valence-corrected chi connectivity index (χ0v) is 24.5. The maximum atomic E-state index is 13.7. The molecule has 1 heterocycles. The van der Waals surface area contributed by atoms with E-state index in [2.05, 4.69) is 51.1 Å². The molecule has 10 heteroatoms. The molecule has 0 aliphatic carbocycles. The van der Waals surface area contributed by atoms with Crippen LogP contribution < -0.4 is 5.32 Å². The largest absolute Gasteiger partial charge is 0.467 e. The third-order valence-electron chi connectivity index (χ3n) is 7.01. The minimum Gasteiger partial charge on any atom is -0.467 e. The van der Waals surface area contributed by atoms with Crippen molar-refractivity contribution in [1.82, 2.24) is 9.55 Å². The summed E-state index contributed by atoms with van der Waals surface area (Å²) in [4.78, 5) is 25.1. The van der Waals surface area contributed by atoms with Gasteiger partial charge in [0.05, 0.1) is 12.7 Å². The van der Waals surface area contributed by atoms with Crippen LogP contribution in [0.4, 0.5) is 18.0 Å². The Balaban J connectivity index is 2.77. The van der Waals surface area contributed by atoms with Crippen LogP contribution in [0.3, 0.4) is 0 Å². The van der Waals surface area contributed by atoms with E-state index in [-0.39, 0.29) is 23.0 Å². The number of rotatable bonds is 8. The average molecular weight is 543 g/mol. The number of fused-ring (bicyclic) bond motifs is 1. The predicted octanol–water partition coefficient (Wildman–Crippen LogP) is 7.29. The molecule has 208 valence electrons. The van der Waals surface area contributed by atoms with E-state index in [0.29, 0.717) is 16.5 Å². The highest BCUT2D eigenvalue weighted by molar-refractivity contribution is 6.82. The first-order valence-electron chi connectivity index (χ1n) is 12.6. The van der Waals surface area contributed by atoms with Gasteiger partial charge < -0.3 is 19.0 Å². The van der Waals surface area contributed by atoms with Gasteiger partial charge in [-0.2, -0.15) is 13.2 Å². The summed E-state index contributed by atoms with van der Waals surface area (Å²) in [7, 11) is -1.24. The lowest BCUT2D eigenvalue weighted by Gasteiger charge is -2.44. The number of methoxy groups -OCH3 is 1. The predicted molar refractivity (Wildman–Crippen MR) is 142 cm³/mol. The molecule has 0 spiro atoms. The first-order chi connectivity index (χ1) is 16.9. The Morgan fingerprint density at radius 3 is 1.97 bits per heavy atom. The highest BCUT2D eigenvalue weighted by Gasteiger charge is 2.46. The van der Waals surface area contributed by atoms with E-state index in [4.69, 9.17) is 9.47 Å². The monoisotopic (exact) mass is 542 g/mol. The molecule has 1 atom stereocenters. The number of amides is 1. The van der Waals surface area contributed by atoms with Crippen LogP contribution >= 0.6 is 0 Å². The minimum atomic E-state index is -4.49. The van der Waals surface area contributed by atoms with Gasteiger partial charge in [0.15, 0.2) is 8.24 Å². The third-order valence-corrected chi connectivity index (χ3v) is 13.8. The molecular formula is C27H41F3N2O4Si. The maximum Gasteiger partial charge on any atom is 0.416 e. The molecule has 2 rings (SSSR count). The van der Waals surface area contributed by atoms with E-state index in [1.807, 2.05) is 6.20 Å². The molecule has 0 bridgehead atoms. The van der Waals surface area contributed by atoms with Gasteiger partial charge in [-0.1, -0.05) is 47.6 Å². The van der Waals surface area contributed by atoms with Crippen molar-refractivity contribution in [2.24, 2.45) is 0 Å². The van der Waals surface area contributed by atoms with Gasteiger partial charge in [-0.25, -0.2) is 9.59 Å². The van der Waals surface area contributed by atoms with Gasteiger partial charge in [-0.3, -0.25) is 0 Å². The van der Waals surface area contributed by atoms with Crippen LogP contribution in [0.25, 0.3) is 10.9 Å². The Kier molecular flexibility index (Phi) is 9.21. The smallest absolute Gasteiger partial charge is 0.416 e. The van der Waals surface area contributed by atoms with Gasteiger partial charge in [0.25, 0.3) is 0 Å². The molecule has 0 aliphatic rings. The average Bonchev–Trinajstić information content (AvgIpc) is 3.08. The summed E-state index contributed by atoms with van der Waals surface area (Å²) in [5.74, 6) is -0.668. The normalized spacial score (nSPS) is 13.9. The summed E-state index contributed by atoms with van der Waals surface area (Å²) < 4.78 is 53.6. The van der Waals surface area contributed by atoms with Crippen LogP contribution in [0.1, 0.15) is 73.4 Å². The van der Waals surface area contributed by atoms with Gasteiger partial charge in [-0.05, 0) is 61.3 Å². The van der Waals surface area contributed by atoms with Crippen LogP contribution in [-0.2, 0) is 26.9 Å². The van der Waals surface area contributed by atoms with Gasteiger partial charge in [0.1, 0.15) is 11.6 Å². The summed E-state index contributed by atoms with van der Waals surface area (Å²) in [6.07, 6.45) is -3.33. The number of alkyl carbamates (subject to hydrolysis) is 1. The Morgan fingerprint density at radius 2 is 1.54 bits per heavy atom. The summed E-state index contributed by atoms with van der Waals surface area (Å²) in [5, 5.41) is 3.19. The van der Waals surface area contributed by atoms with Crippen LogP contribution in [0.15, 0.2) is 24.4 Å². The molecule has 1 aromatic heterocycles. The van der Waals surface area contributed by atoms with Crippen molar-refractivity contribution in [3.05, 3.63) is 35.5 Å². The molecule has 0 radical (unpaired) electrons. The Bertz CT molecular complexity index is 1100. The summed E-state index contributed by atoms with van der Waals surface area (Å²) in [6, 6.07) is 2.66. The molecule has 1 unspecified atom stereocenters. The van der Waals surface area contributed by atoms with Crippen LogP contribution in [0.5, 0.6) is 0 Å². The van der Waals surface area contributed by atoms with Crippen molar-refractivity contribution in [1.29, 1.82) is 0 Å². The Morgan fingerprint density at radius 1 is 1.00 bits per heavy atom. The second-order valence-corrected chi connectivity index (χ2v) is 17.3. The van der Waals surface area contributed by atoms with Gasteiger partial charge in [0.2, 0.25) is 0 Å². The fraction of sp³-hybridized carbons (Fsp3) is 0.630. The fourth-order valence-corrected chi connectivity index (χ4v) is 12.4. The highest BCUT2D eigenvalue weighted by atomic mass is 28.3. The van der Waals surface area contributed by atoms with Crippen molar-refractivity contribution in [2.75, 3.05) is 7.11 Å². The first kappa shape index (κ1) is 30.7. The van der Waals surface area contributed by atoms with Crippen LogP contribution in [-0.4, -0.2) is 43.3 Å². The number of nitrogens with one attached hydrogen (secondary N) is 1. The van der Waals surface area contributed by atoms with E-state index < -0.39 is 43.7 Å². The van der Waals surface area contributed by atoms with Crippen LogP contribution in [0, 0.1) is 0 Å². The lowest BCUT2D eigenvalue weighted by atomic mass is 10.0. The quantitative estimate of drug-likeness (QED) is 0.281. The molecule has 0 aliphatic heterocycles. The molecule has 37 heavy (non-hydrogen) atoms. The molecule has 1 amide bonds. The molecule has 0 saturated heterocycles. The maximum absolute atomic E-state index is 13.7. The Labute approximate surface area is 219 Å². The number of carbonyl (C=O) groups excluding carboxylic acids is 2. The molecule has 6 nitrogen and oxygen atoms in total. The van der Waals surface area contributed by atoms with E-state index in [9.17, 15) is 22.8 Å². The topological polar surface area (TPSA) is 69.6 Å². The molecule has 1 aromatic carbocycles. The summed E-state index contributed by atoms with van der Waals surface area (Å²) >= 11 is 0. The number of hydrogen-bond acceptors (Lipinski definition) is 4. The number of hydrogen-bond donors (Lipinski definition) is 1. The number of esters is 1. The molecule has 1 N–H and O–H groups in total. The number of aromatic nitrogens is 1. The minimum absolute atomic E-state index is 0.0412. The van der Waals surface area contributed by atoms with Gasteiger partial charge >= 0.3 is 18.2 Å². The standard InChI is InChI=1S/C27H41F3N2O4Si/c1-16(2)37(17(3)4,18(5)6)32-15-19(21-12-11-20(14-23(21)32)27(28,29)30)13-22(24(33)35-10)31-25(34)36-26(7,8)9/h11-12,14-18,22H,13H2,1-10H3,(H,31,34). The van der Waals surface area contributed by atoms with Gasteiger partial charge in [-0.15, -0.1) is 0 Å². The second kappa shape index (κ2) is 11.1. The fourth-order valence-electron chi connectivity index (χ4n) is 5.80. The number of halogens is 3. The number of nitrogens with zero attached hydrogens (tertiary/aromatic N) is 1. The second-order valence-electron chi connectivity index (χ2n) is 11.5. The zero-order chi connectivity index (χ0) is 28.5. The van der Waals surface area contributed by atoms with Crippen molar-refractivity contribution in [3.8, 4) is 0 Å². The van der Waals surface area contributed by atoms with E-state index in [1.165, 1.54) is 19.2 Å². The number of benzene rings is 1. The van der Waals surface area contributed by atoms with Crippen molar-refractivity contribution < 1.29 is 32.2 Å². The van der Waals surface area contributed by atoms with Crippen molar-refractivity contribution in [2.45, 2.75) is 103 Å². The molecule has 0 fully saturated rings. The number of alkyl halides is 3.